The Kier molecular flexibility index (Phi) is 8.81. The average Bonchev–Trinajstić information content (AvgIpc) is 3.66. The molecule has 0 bridgehead atoms. The molecule has 0 aliphatic carbocycles. The van der Waals surface area contributed by atoms with Gasteiger partial charge in [-0.1, -0.05) is 18.2 Å². The number of alkyl halides is 3. The van der Waals surface area contributed by atoms with Crippen LogP contribution in [-0.4, -0.2) is 78.3 Å². The second-order valence-electron chi connectivity index (χ2n) is 9.79. The zero-order chi connectivity index (χ0) is 29.0. The Morgan fingerprint density at radius 1 is 1.02 bits per heavy atom. The first-order valence-corrected chi connectivity index (χ1v) is 14.0. The minimum absolute atomic E-state index is 0.0482. The Hall–Kier alpha value is -3.61. The number of rotatable bonds is 8. The third-order valence-electron chi connectivity index (χ3n) is 7.09. The third-order valence-corrected chi connectivity index (χ3v) is 8.01. The molecular formula is C29H28F4N4O3S. The second kappa shape index (κ2) is 12.5. The van der Waals surface area contributed by atoms with E-state index in [9.17, 15) is 27.2 Å². The lowest BCUT2D eigenvalue weighted by atomic mass is 10.0. The number of carbonyl (C=O) groups excluding carboxylic acids is 2. The predicted molar refractivity (Wildman–Crippen MR) is 146 cm³/mol. The molecule has 3 aromatic rings. The van der Waals surface area contributed by atoms with Crippen molar-refractivity contribution in [3.05, 3.63) is 93.4 Å². The molecule has 41 heavy (non-hydrogen) atoms. The van der Waals surface area contributed by atoms with Gasteiger partial charge in [0.15, 0.2) is 0 Å². The normalized spacial score (nSPS) is 17.9. The van der Waals surface area contributed by atoms with Crippen molar-refractivity contribution < 1.29 is 31.9 Å². The second-order valence-corrected chi connectivity index (χ2v) is 10.7. The fourth-order valence-corrected chi connectivity index (χ4v) is 5.56. The summed E-state index contributed by atoms with van der Waals surface area (Å²) in [7, 11) is 0. The zero-order valence-electron chi connectivity index (χ0n) is 22.0. The van der Waals surface area contributed by atoms with Crippen LogP contribution in [0.4, 0.5) is 17.6 Å². The first kappa shape index (κ1) is 28.9. The zero-order valence-corrected chi connectivity index (χ0v) is 22.8. The van der Waals surface area contributed by atoms with Crippen LogP contribution in [0, 0.1) is 5.82 Å². The number of hydrogen-bond acceptors (Lipinski definition) is 6. The minimum atomic E-state index is -4.53. The van der Waals surface area contributed by atoms with Crippen LogP contribution in [0.25, 0.3) is 0 Å². The summed E-state index contributed by atoms with van der Waals surface area (Å²) < 4.78 is 58.3. The standard InChI is InChI=1S/C29H28F4N4O3S/c30-23-9-5-20(6-10-23)25-18-24(26-2-1-17-41-26)34-37(25)27(38)19-36(12-11-35-13-15-40-16-14-35)28(39)21-3-7-22(8-4-21)29(31,32)33/h1-10,17,25H,11-16,18-19H2/t25-/m1/s1. The summed E-state index contributed by atoms with van der Waals surface area (Å²) in [6, 6.07) is 13.1. The van der Waals surface area contributed by atoms with Crippen LogP contribution in [0.15, 0.2) is 71.1 Å². The summed E-state index contributed by atoms with van der Waals surface area (Å²) in [4.78, 5) is 31.6. The molecule has 3 heterocycles. The Morgan fingerprint density at radius 2 is 1.73 bits per heavy atom. The molecule has 2 aliphatic rings. The van der Waals surface area contributed by atoms with Crippen LogP contribution in [-0.2, 0) is 15.7 Å². The van der Waals surface area contributed by atoms with Crippen LogP contribution in [0.2, 0.25) is 0 Å². The molecule has 1 fully saturated rings. The van der Waals surface area contributed by atoms with Crippen molar-refractivity contribution in [3.8, 4) is 0 Å². The summed E-state index contributed by atoms with van der Waals surface area (Å²) >= 11 is 1.49. The van der Waals surface area contributed by atoms with Crippen molar-refractivity contribution in [1.29, 1.82) is 0 Å². The maximum absolute atomic E-state index is 13.8. The van der Waals surface area contributed by atoms with E-state index in [1.165, 1.54) is 33.4 Å². The first-order valence-electron chi connectivity index (χ1n) is 13.1. The average molecular weight is 589 g/mol. The highest BCUT2D eigenvalue weighted by atomic mass is 32.1. The molecule has 1 saturated heterocycles. The monoisotopic (exact) mass is 588 g/mol. The highest BCUT2D eigenvalue weighted by Crippen LogP contribution is 2.34. The van der Waals surface area contributed by atoms with Crippen LogP contribution in [0.5, 0.6) is 0 Å². The van der Waals surface area contributed by atoms with E-state index in [1.807, 2.05) is 17.5 Å². The SMILES string of the molecule is O=C(c1ccc(C(F)(F)F)cc1)N(CCN1CCOCC1)CC(=O)N1N=C(c2cccs2)C[C@@H]1c1ccc(F)cc1. The third kappa shape index (κ3) is 7.00. The van der Waals surface area contributed by atoms with Gasteiger partial charge in [0.25, 0.3) is 11.8 Å². The van der Waals surface area contributed by atoms with Gasteiger partial charge in [-0.2, -0.15) is 18.3 Å². The molecule has 5 rings (SSSR count). The van der Waals surface area contributed by atoms with Crippen LogP contribution in [0.1, 0.15) is 38.8 Å². The van der Waals surface area contributed by atoms with Gasteiger partial charge in [0.2, 0.25) is 0 Å². The fourth-order valence-electron chi connectivity index (χ4n) is 4.84. The van der Waals surface area contributed by atoms with Gasteiger partial charge in [-0.15, -0.1) is 11.3 Å². The maximum atomic E-state index is 13.8. The van der Waals surface area contributed by atoms with Gasteiger partial charge < -0.3 is 9.64 Å². The van der Waals surface area contributed by atoms with Crippen LogP contribution in [0.3, 0.4) is 0 Å². The molecule has 0 N–H and O–H groups in total. The number of amides is 2. The highest BCUT2D eigenvalue weighted by Gasteiger charge is 2.35. The number of thiophene rings is 1. The first-order chi connectivity index (χ1) is 19.7. The van der Waals surface area contributed by atoms with Crippen molar-refractivity contribution in [2.24, 2.45) is 5.10 Å². The van der Waals surface area contributed by atoms with E-state index in [2.05, 4.69) is 10.0 Å². The number of carbonyl (C=O) groups is 2. The molecule has 12 heteroatoms. The van der Waals surface area contributed by atoms with Crippen molar-refractivity contribution in [3.63, 3.8) is 0 Å². The molecule has 2 amide bonds. The van der Waals surface area contributed by atoms with Gasteiger partial charge in [0.05, 0.1) is 35.4 Å². The van der Waals surface area contributed by atoms with E-state index in [-0.39, 0.29) is 18.7 Å². The maximum Gasteiger partial charge on any atom is 0.416 e. The lowest BCUT2D eigenvalue weighted by molar-refractivity contribution is -0.137. The molecule has 0 unspecified atom stereocenters. The molecule has 1 aromatic heterocycles. The van der Waals surface area contributed by atoms with E-state index in [4.69, 9.17) is 4.74 Å². The lowest BCUT2D eigenvalue weighted by Gasteiger charge is -2.31. The molecule has 0 spiro atoms. The number of benzene rings is 2. The molecule has 2 aromatic carbocycles. The van der Waals surface area contributed by atoms with Gasteiger partial charge in [0, 0.05) is 38.2 Å². The van der Waals surface area contributed by atoms with E-state index in [1.54, 1.807) is 12.1 Å². The highest BCUT2D eigenvalue weighted by molar-refractivity contribution is 7.12. The Morgan fingerprint density at radius 3 is 2.37 bits per heavy atom. The fraction of sp³-hybridized carbons (Fsp3) is 0.345. The van der Waals surface area contributed by atoms with Gasteiger partial charge in [-0.05, 0) is 53.4 Å². The Balaban J connectivity index is 1.39. The van der Waals surface area contributed by atoms with Crippen LogP contribution < -0.4 is 0 Å². The molecule has 0 saturated carbocycles. The van der Waals surface area contributed by atoms with E-state index >= 15 is 0 Å². The van der Waals surface area contributed by atoms with Gasteiger partial charge in [-0.25, -0.2) is 9.40 Å². The number of ether oxygens (including phenoxy) is 1. The Labute approximate surface area is 238 Å². The number of hydrazone groups is 1. The smallest absolute Gasteiger partial charge is 0.379 e. The summed E-state index contributed by atoms with van der Waals surface area (Å²) in [5.74, 6) is -1.41. The summed E-state index contributed by atoms with van der Waals surface area (Å²) in [6.45, 7) is 2.77. The summed E-state index contributed by atoms with van der Waals surface area (Å²) in [6.07, 6.45) is -4.12. The molecule has 2 aliphatic heterocycles. The molecular weight excluding hydrogens is 560 g/mol. The van der Waals surface area contributed by atoms with Crippen molar-refractivity contribution >= 4 is 28.9 Å². The van der Waals surface area contributed by atoms with Crippen molar-refractivity contribution in [1.82, 2.24) is 14.8 Å². The molecule has 7 nitrogen and oxygen atoms in total. The number of hydrogen-bond donors (Lipinski definition) is 0. The summed E-state index contributed by atoms with van der Waals surface area (Å²) in [5.41, 5.74) is 0.590. The van der Waals surface area contributed by atoms with Crippen molar-refractivity contribution in [2.75, 3.05) is 45.9 Å². The van der Waals surface area contributed by atoms with Gasteiger partial charge >= 0.3 is 6.18 Å². The predicted octanol–water partition coefficient (Wildman–Crippen LogP) is 5.06. The molecule has 216 valence electrons. The van der Waals surface area contributed by atoms with Crippen molar-refractivity contribution in [2.45, 2.75) is 18.6 Å². The largest absolute Gasteiger partial charge is 0.416 e. The molecule has 0 radical (unpaired) electrons. The van der Waals surface area contributed by atoms with E-state index in [0.717, 1.165) is 29.1 Å². The number of nitrogens with zero attached hydrogens (tertiary/aromatic N) is 4. The topological polar surface area (TPSA) is 65.5 Å². The number of morpholine rings is 1. The van der Waals surface area contributed by atoms with Gasteiger partial charge in [0.1, 0.15) is 12.4 Å². The Bertz CT molecular complexity index is 1370. The van der Waals surface area contributed by atoms with Crippen LogP contribution >= 0.6 is 11.3 Å². The summed E-state index contributed by atoms with van der Waals surface area (Å²) in [5, 5.41) is 7.86. The van der Waals surface area contributed by atoms with Gasteiger partial charge in [-0.3, -0.25) is 14.5 Å². The van der Waals surface area contributed by atoms with E-state index in [0.29, 0.717) is 50.5 Å². The molecule has 1 atom stereocenters. The lowest BCUT2D eigenvalue weighted by Crippen LogP contribution is -2.46. The quantitative estimate of drug-likeness (QED) is 0.346. The minimum Gasteiger partial charge on any atom is -0.379 e. The number of halogens is 4. The van der Waals surface area contributed by atoms with E-state index < -0.39 is 35.4 Å².